The number of esters is 1. The highest BCUT2D eigenvalue weighted by molar-refractivity contribution is 7.13. The van der Waals surface area contributed by atoms with Crippen LogP contribution in [0.2, 0.25) is 0 Å². The van der Waals surface area contributed by atoms with Gasteiger partial charge in [-0.3, -0.25) is 4.79 Å². The number of nitrogens with zero attached hydrogens (tertiary/aromatic N) is 1. The molecule has 0 saturated heterocycles. The van der Waals surface area contributed by atoms with Gasteiger partial charge in [-0.2, -0.15) is 0 Å². The number of carbonyl (C=O) groups excluding carboxylic acids is 2. The summed E-state index contributed by atoms with van der Waals surface area (Å²) < 4.78 is 5.00. The van der Waals surface area contributed by atoms with E-state index in [1.54, 1.807) is 11.5 Å². The first kappa shape index (κ1) is 17.7. The molecule has 2 aromatic rings. The molecule has 0 bridgehead atoms. The molecule has 7 heteroatoms. The molecule has 6 nitrogen and oxygen atoms in total. The van der Waals surface area contributed by atoms with Gasteiger partial charge in [-0.25, -0.2) is 9.78 Å². The molecule has 0 atom stereocenters. The zero-order chi connectivity index (χ0) is 17.4. The van der Waals surface area contributed by atoms with Gasteiger partial charge in [0.2, 0.25) is 0 Å². The fourth-order valence-electron chi connectivity index (χ4n) is 1.95. The topological polar surface area (TPSA) is 80.3 Å². The number of hydrogen-bond acceptors (Lipinski definition) is 6. The van der Waals surface area contributed by atoms with E-state index >= 15 is 0 Å². The number of amides is 1. The average molecular weight is 345 g/mol. The zero-order valence-electron chi connectivity index (χ0n) is 13.4. The molecule has 0 aliphatic heterocycles. The van der Waals surface area contributed by atoms with E-state index in [0.29, 0.717) is 11.7 Å². The van der Waals surface area contributed by atoms with E-state index in [-0.39, 0.29) is 18.2 Å². The fraction of sp³-hybridized carbons (Fsp3) is 0.235. The summed E-state index contributed by atoms with van der Waals surface area (Å²) >= 11 is 1.29. The second-order valence-corrected chi connectivity index (χ2v) is 5.70. The van der Waals surface area contributed by atoms with Crippen molar-refractivity contribution in [1.29, 1.82) is 0 Å². The Hall–Kier alpha value is -2.67. The van der Waals surface area contributed by atoms with E-state index in [9.17, 15) is 9.59 Å². The largest absolute Gasteiger partial charge is 0.451 e. The number of carbonyl (C=O) groups is 2. The SMILES string of the molecule is C=CCNc1nc(C(=O)OCC(=O)Nc2ccccc2CC)cs1. The molecule has 0 aliphatic rings. The average Bonchev–Trinajstić information content (AvgIpc) is 3.07. The van der Waals surface area contributed by atoms with Gasteiger partial charge in [-0.05, 0) is 18.1 Å². The number of aryl methyl sites for hydroxylation is 1. The van der Waals surface area contributed by atoms with Gasteiger partial charge in [-0.1, -0.05) is 31.2 Å². The highest BCUT2D eigenvalue weighted by atomic mass is 32.1. The third-order valence-corrected chi connectivity index (χ3v) is 3.92. The number of nitrogens with one attached hydrogen (secondary N) is 2. The Morgan fingerprint density at radius 1 is 1.38 bits per heavy atom. The van der Waals surface area contributed by atoms with Gasteiger partial charge in [0.1, 0.15) is 0 Å². The minimum absolute atomic E-state index is 0.174. The first-order valence-corrected chi connectivity index (χ1v) is 8.37. The van der Waals surface area contributed by atoms with Gasteiger partial charge in [0.15, 0.2) is 17.4 Å². The quantitative estimate of drug-likeness (QED) is 0.568. The van der Waals surface area contributed by atoms with Gasteiger partial charge in [0, 0.05) is 17.6 Å². The maximum atomic E-state index is 11.9. The minimum Gasteiger partial charge on any atom is -0.451 e. The molecule has 0 saturated carbocycles. The Bertz CT molecular complexity index is 727. The molecular formula is C17H19N3O3S. The van der Waals surface area contributed by atoms with Gasteiger partial charge in [0.25, 0.3) is 5.91 Å². The van der Waals surface area contributed by atoms with Crippen LogP contribution in [0.1, 0.15) is 23.0 Å². The summed E-state index contributed by atoms with van der Waals surface area (Å²) in [7, 11) is 0. The summed E-state index contributed by atoms with van der Waals surface area (Å²) in [6.45, 7) is 5.80. The lowest BCUT2D eigenvalue weighted by Gasteiger charge is -2.09. The molecule has 1 aromatic carbocycles. The fourth-order valence-corrected chi connectivity index (χ4v) is 2.64. The Balaban J connectivity index is 1.85. The van der Waals surface area contributed by atoms with Crippen LogP contribution in [-0.4, -0.2) is 30.0 Å². The maximum absolute atomic E-state index is 11.9. The molecule has 1 aromatic heterocycles. The predicted molar refractivity (Wildman–Crippen MR) is 95.5 cm³/mol. The first-order valence-electron chi connectivity index (χ1n) is 7.49. The maximum Gasteiger partial charge on any atom is 0.358 e. The Morgan fingerprint density at radius 3 is 2.92 bits per heavy atom. The highest BCUT2D eigenvalue weighted by Crippen LogP contribution is 2.17. The number of aromatic nitrogens is 1. The number of rotatable bonds is 8. The highest BCUT2D eigenvalue weighted by Gasteiger charge is 2.14. The molecule has 2 rings (SSSR count). The summed E-state index contributed by atoms with van der Waals surface area (Å²) in [6, 6.07) is 7.51. The van der Waals surface area contributed by atoms with E-state index < -0.39 is 5.97 Å². The third kappa shape index (κ3) is 4.92. The summed E-state index contributed by atoms with van der Waals surface area (Å²) in [5.41, 5.74) is 1.92. The van der Waals surface area contributed by atoms with Crippen molar-refractivity contribution >= 4 is 34.0 Å². The first-order chi connectivity index (χ1) is 11.6. The van der Waals surface area contributed by atoms with Gasteiger partial charge in [0.05, 0.1) is 0 Å². The second-order valence-electron chi connectivity index (χ2n) is 4.84. The van der Waals surface area contributed by atoms with Crippen LogP contribution in [0.4, 0.5) is 10.8 Å². The molecule has 1 heterocycles. The Kier molecular flexibility index (Phi) is 6.51. The van der Waals surface area contributed by atoms with Crippen LogP contribution in [0.5, 0.6) is 0 Å². The van der Waals surface area contributed by atoms with Crippen LogP contribution < -0.4 is 10.6 Å². The monoisotopic (exact) mass is 345 g/mol. The molecule has 1 amide bonds. The molecule has 2 N–H and O–H groups in total. The van der Waals surface area contributed by atoms with Crippen molar-refractivity contribution in [2.75, 3.05) is 23.8 Å². The lowest BCUT2D eigenvalue weighted by Crippen LogP contribution is -2.21. The number of hydrogen-bond donors (Lipinski definition) is 2. The van der Waals surface area contributed by atoms with Gasteiger partial charge >= 0.3 is 5.97 Å². The summed E-state index contributed by atoms with van der Waals surface area (Å²) in [5, 5.41) is 7.91. The van der Waals surface area contributed by atoms with Crippen molar-refractivity contribution in [2.45, 2.75) is 13.3 Å². The summed E-state index contributed by atoms with van der Waals surface area (Å²) in [5.74, 6) is -1.01. The standard InChI is InChI=1S/C17H19N3O3S/c1-3-9-18-17-20-14(11-24-17)16(22)23-10-15(21)19-13-8-6-5-7-12(13)4-2/h3,5-8,11H,1,4,9-10H2,2H3,(H,18,20)(H,19,21). The van der Waals surface area contributed by atoms with Crippen molar-refractivity contribution in [3.05, 3.63) is 53.6 Å². The Morgan fingerprint density at radius 2 is 2.17 bits per heavy atom. The summed E-state index contributed by atoms with van der Waals surface area (Å²) in [4.78, 5) is 27.9. The van der Waals surface area contributed by atoms with Crippen molar-refractivity contribution in [2.24, 2.45) is 0 Å². The van der Waals surface area contributed by atoms with Crippen LogP contribution >= 0.6 is 11.3 Å². The molecule has 24 heavy (non-hydrogen) atoms. The van der Waals surface area contributed by atoms with Crippen molar-refractivity contribution in [3.8, 4) is 0 Å². The van der Waals surface area contributed by atoms with E-state index in [2.05, 4.69) is 22.2 Å². The van der Waals surface area contributed by atoms with Crippen LogP contribution in [-0.2, 0) is 16.0 Å². The minimum atomic E-state index is -0.628. The van der Waals surface area contributed by atoms with Gasteiger partial charge in [-0.15, -0.1) is 17.9 Å². The number of benzene rings is 1. The van der Waals surface area contributed by atoms with Crippen molar-refractivity contribution < 1.29 is 14.3 Å². The van der Waals surface area contributed by atoms with E-state index in [0.717, 1.165) is 17.7 Å². The second kappa shape index (κ2) is 8.83. The number of ether oxygens (including phenoxy) is 1. The zero-order valence-corrected chi connectivity index (χ0v) is 14.2. The number of anilines is 2. The lowest BCUT2D eigenvalue weighted by atomic mass is 10.1. The molecule has 0 fully saturated rings. The van der Waals surface area contributed by atoms with Gasteiger partial charge < -0.3 is 15.4 Å². The van der Waals surface area contributed by atoms with E-state index in [4.69, 9.17) is 4.74 Å². The van der Waals surface area contributed by atoms with Crippen molar-refractivity contribution in [1.82, 2.24) is 4.98 Å². The van der Waals surface area contributed by atoms with E-state index in [1.807, 2.05) is 31.2 Å². The summed E-state index contributed by atoms with van der Waals surface area (Å²) in [6.07, 6.45) is 2.49. The van der Waals surface area contributed by atoms with Crippen LogP contribution in [0.15, 0.2) is 42.3 Å². The number of thiazole rings is 1. The smallest absolute Gasteiger partial charge is 0.358 e. The number of para-hydroxylation sites is 1. The third-order valence-electron chi connectivity index (χ3n) is 3.12. The molecule has 126 valence electrons. The van der Waals surface area contributed by atoms with E-state index in [1.165, 1.54) is 11.3 Å². The molecular weight excluding hydrogens is 326 g/mol. The molecule has 0 aliphatic carbocycles. The van der Waals surface area contributed by atoms with Crippen molar-refractivity contribution in [3.63, 3.8) is 0 Å². The normalized spacial score (nSPS) is 10.0. The predicted octanol–water partition coefficient (Wildman–Crippen LogP) is 3.10. The van der Waals surface area contributed by atoms with Crippen LogP contribution in [0.25, 0.3) is 0 Å². The molecule has 0 unspecified atom stereocenters. The van der Waals surface area contributed by atoms with Crippen LogP contribution in [0.3, 0.4) is 0 Å². The lowest BCUT2D eigenvalue weighted by molar-refractivity contribution is -0.119. The molecule has 0 radical (unpaired) electrons. The Labute approximate surface area is 144 Å². The van der Waals surface area contributed by atoms with Crippen LogP contribution in [0, 0.1) is 0 Å². The molecule has 0 spiro atoms.